The summed E-state index contributed by atoms with van der Waals surface area (Å²) in [5, 5.41) is 0.845. The van der Waals surface area contributed by atoms with E-state index in [-0.39, 0.29) is 6.01 Å². The minimum atomic E-state index is 0.237. The van der Waals surface area contributed by atoms with Crippen molar-refractivity contribution < 1.29 is 14.2 Å². The van der Waals surface area contributed by atoms with Gasteiger partial charge in [-0.05, 0) is 18.2 Å². The fourth-order valence-electron chi connectivity index (χ4n) is 1.93. The standard InChI is InChI=1S/C16H13N2O3/c1-19-14-8-7-12(9-15(14)20-2)21-16-17-10-11-5-3-4-6-13(11)18-16/h3-9H,1-2H3. The predicted octanol–water partition coefficient (Wildman–Crippen LogP) is 3.24. The van der Waals surface area contributed by atoms with Gasteiger partial charge in [-0.1, -0.05) is 18.2 Å². The summed E-state index contributed by atoms with van der Waals surface area (Å²) in [6, 6.07) is 13.1. The van der Waals surface area contributed by atoms with Gasteiger partial charge in [0.2, 0.25) is 0 Å². The lowest BCUT2D eigenvalue weighted by Gasteiger charge is -2.09. The van der Waals surface area contributed by atoms with Crippen LogP contribution in [0.3, 0.4) is 0 Å². The van der Waals surface area contributed by atoms with E-state index in [0.717, 1.165) is 10.9 Å². The lowest BCUT2D eigenvalue weighted by atomic mass is 10.2. The van der Waals surface area contributed by atoms with E-state index in [9.17, 15) is 0 Å². The molecule has 0 aliphatic rings. The van der Waals surface area contributed by atoms with Gasteiger partial charge in [0.15, 0.2) is 11.5 Å². The Hall–Kier alpha value is -2.82. The van der Waals surface area contributed by atoms with Crippen molar-refractivity contribution in [3.63, 3.8) is 0 Å². The molecule has 0 saturated heterocycles. The molecule has 0 spiro atoms. The highest BCUT2D eigenvalue weighted by molar-refractivity contribution is 5.76. The Kier molecular flexibility index (Phi) is 3.55. The number of hydrogen-bond donors (Lipinski definition) is 0. The van der Waals surface area contributed by atoms with E-state index in [1.807, 2.05) is 24.3 Å². The van der Waals surface area contributed by atoms with Crippen molar-refractivity contribution in [1.29, 1.82) is 0 Å². The summed E-state index contributed by atoms with van der Waals surface area (Å²) in [6.45, 7) is 0. The predicted molar refractivity (Wildman–Crippen MR) is 78.0 cm³/mol. The van der Waals surface area contributed by atoms with Crippen LogP contribution in [0.2, 0.25) is 0 Å². The fourth-order valence-corrected chi connectivity index (χ4v) is 1.93. The smallest absolute Gasteiger partial charge is 0.323 e. The number of ether oxygens (including phenoxy) is 3. The molecule has 1 radical (unpaired) electrons. The van der Waals surface area contributed by atoms with E-state index in [2.05, 4.69) is 16.2 Å². The minimum absolute atomic E-state index is 0.237. The van der Waals surface area contributed by atoms with Crippen molar-refractivity contribution in [2.75, 3.05) is 14.2 Å². The first-order chi connectivity index (χ1) is 10.3. The maximum Gasteiger partial charge on any atom is 0.323 e. The van der Waals surface area contributed by atoms with Gasteiger partial charge in [0, 0.05) is 11.5 Å². The van der Waals surface area contributed by atoms with Gasteiger partial charge in [0.1, 0.15) is 11.9 Å². The number of nitrogens with zero attached hydrogens (tertiary/aromatic N) is 2. The van der Waals surface area contributed by atoms with Crippen LogP contribution >= 0.6 is 0 Å². The van der Waals surface area contributed by atoms with Crippen LogP contribution in [-0.4, -0.2) is 24.2 Å². The Morgan fingerprint density at radius 2 is 1.76 bits per heavy atom. The van der Waals surface area contributed by atoms with Gasteiger partial charge >= 0.3 is 6.01 Å². The molecule has 0 fully saturated rings. The normalized spacial score (nSPS) is 10.4. The summed E-state index contributed by atoms with van der Waals surface area (Å²) in [5.41, 5.74) is 0.781. The van der Waals surface area contributed by atoms with E-state index >= 15 is 0 Å². The summed E-state index contributed by atoms with van der Waals surface area (Å²) < 4.78 is 16.1. The number of hydrogen-bond acceptors (Lipinski definition) is 5. The summed E-state index contributed by atoms with van der Waals surface area (Å²) in [6.07, 6.45) is 2.90. The van der Waals surface area contributed by atoms with Gasteiger partial charge in [0.25, 0.3) is 0 Å². The highest BCUT2D eigenvalue weighted by atomic mass is 16.5. The maximum atomic E-state index is 5.64. The van der Waals surface area contributed by atoms with Crippen molar-refractivity contribution in [3.8, 4) is 23.3 Å². The first kappa shape index (κ1) is 13.2. The Morgan fingerprint density at radius 1 is 0.952 bits per heavy atom. The highest BCUT2D eigenvalue weighted by Crippen LogP contribution is 2.32. The van der Waals surface area contributed by atoms with E-state index < -0.39 is 0 Å². The van der Waals surface area contributed by atoms with Crippen LogP contribution < -0.4 is 14.2 Å². The number of rotatable bonds is 4. The molecule has 5 nitrogen and oxygen atoms in total. The van der Waals surface area contributed by atoms with Gasteiger partial charge in [-0.25, -0.2) is 0 Å². The second-order valence-corrected chi connectivity index (χ2v) is 4.25. The fraction of sp³-hybridized carbons (Fsp3) is 0.125. The van der Waals surface area contributed by atoms with Crippen LogP contribution in [0.25, 0.3) is 10.9 Å². The third kappa shape index (κ3) is 2.72. The van der Waals surface area contributed by atoms with Crippen molar-refractivity contribution in [3.05, 3.63) is 48.7 Å². The zero-order chi connectivity index (χ0) is 14.7. The lowest BCUT2D eigenvalue weighted by Crippen LogP contribution is -1.94. The van der Waals surface area contributed by atoms with Crippen molar-refractivity contribution in [1.82, 2.24) is 9.97 Å². The molecule has 0 N–H and O–H groups in total. The Labute approximate surface area is 122 Å². The number of benzene rings is 2. The molecule has 3 rings (SSSR count). The van der Waals surface area contributed by atoms with Gasteiger partial charge in [0.05, 0.1) is 19.7 Å². The van der Waals surface area contributed by atoms with Crippen LogP contribution in [0.1, 0.15) is 0 Å². The van der Waals surface area contributed by atoms with E-state index in [1.165, 1.54) is 0 Å². The molecule has 0 atom stereocenters. The molecule has 1 aromatic heterocycles. The maximum absolute atomic E-state index is 5.64. The monoisotopic (exact) mass is 281 g/mol. The summed E-state index contributed by atoms with van der Waals surface area (Å²) in [5.74, 6) is 1.78. The molecule has 2 aromatic carbocycles. The lowest BCUT2D eigenvalue weighted by molar-refractivity contribution is 0.351. The number of methoxy groups -OCH3 is 2. The van der Waals surface area contributed by atoms with Crippen LogP contribution in [0.15, 0.2) is 42.5 Å². The average molecular weight is 281 g/mol. The Balaban J connectivity index is 1.91. The molecule has 0 unspecified atom stereocenters. The van der Waals surface area contributed by atoms with Crippen molar-refractivity contribution in [2.45, 2.75) is 0 Å². The molecule has 0 aliphatic carbocycles. The zero-order valence-corrected chi connectivity index (χ0v) is 11.7. The number of para-hydroxylation sites is 1. The van der Waals surface area contributed by atoms with Crippen molar-refractivity contribution >= 4 is 10.9 Å². The van der Waals surface area contributed by atoms with Crippen LogP contribution in [-0.2, 0) is 0 Å². The van der Waals surface area contributed by atoms with Gasteiger partial charge in [-0.2, -0.15) is 9.97 Å². The van der Waals surface area contributed by atoms with Crippen LogP contribution in [0.4, 0.5) is 0 Å². The van der Waals surface area contributed by atoms with Crippen LogP contribution in [0, 0.1) is 6.20 Å². The first-order valence-corrected chi connectivity index (χ1v) is 6.34. The molecule has 0 saturated carbocycles. The van der Waals surface area contributed by atoms with E-state index in [1.54, 1.807) is 32.4 Å². The van der Waals surface area contributed by atoms with Crippen molar-refractivity contribution in [2.24, 2.45) is 0 Å². The second-order valence-electron chi connectivity index (χ2n) is 4.25. The molecular weight excluding hydrogens is 268 g/mol. The molecule has 1 heterocycles. The number of fused-ring (bicyclic) bond motifs is 1. The summed E-state index contributed by atoms with van der Waals surface area (Å²) in [4.78, 5) is 8.40. The quantitative estimate of drug-likeness (QED) is 0.734. The van der Waals surface area contributed by atoms with E-state index in [4.69, 9.17) is 14.2 Å². The SMILES string of the molecule is COc1ccc(Oc2n[c]c3ccccc3n2)cc1OC. The summed E-state index contributed by atoms with van der Waals surface area (Å²) >= 11 is 0. The Morgan fingerprint density at radius 3 is 2.57 bits per heavy atom. The van der Waals surface area contributed by atoms with Gasteiger partial charge in [-0.15, -0.1) is 0 Å². The van der Waals surface area contributed by atoms with Gasteiger partial charge < -0.3 is 14.2 Å². The third-order valence-electron chi connectivity index (χ3n) is 2.96. The third-order valence-corrected chi connectivity index (χ3v) is 2.96. The first-order valence-electron chi connectivity index (χ1n) is 6.34. The largest absolute Gasteiger partial charge is 0.493 e. The molecule has 0 aliphatic heterocycles. The molecule has 0 amide bonds. The molecule has 5 heteroatoms. The minimum Gasteiger partial charge on any atom is -0.493 e. The molecule has 105 valence electrons. The summed E-state index contributed by atoms with van der Waals surface area (Å²) in [7, 11) is 3.15. The topological polar surface area (TPSA) is 53.5 Å². The van der Waals surface area contributed by atoms with E-state index in [0.29, 0.717) is 17.2 Å². The molecule has 0 bridgehead atoms. The second kappa shape index (κ2) is 5.66. The Bertz CT molecular complexity index is 774. The van der Waals surface area contributed by atoms with Crippen LogP contribution in [0.5, 0.6) is 23.3 Å². The number of aromatic nitrogens is 2. The zero-order valence-electron chi connectivity index (χ0n) is 11.7. The molecule has 21 heavy (non-hydrogen) atoms. The molecular formula is C16H13N2O3. The molecule has 3 aromatic rings. The average Bonchev–Trinajstić information content (AvgIpc) is 2.54. The van der Waals surface area contributed by atoms with Gasteiger partial charge in [-0.3, -0.25) is 0 Å². The highest BCUT2D eigenvalue weighted by Gasteiger charge is 2.08.